The summed E-state index contributed by atoms with van der Waals surface area (Å²) in [6.07, 6.45) is 1.26. The van der Waals surface area contributed by atoms with Gasteiger partial charge in [-0.25, -0.2) is 12.8 Å². The molecule has 8 heteroatoms. The van der Waals surface area contributed by atoms with E-state index >= 15 is 0 Å². The van der Waals surface area contributed by atoms with Crippen LogP contribution in [-0.2, 0) is 22.6 Å². The number of aryl methyl sites for hydroxylation is 1. The van der Waals surface area contributed by atoms with Crippen molar-refractivity contribution in [1.82, 2.24) is 14.5 Å². The van der Waals surface area contributed by atoms with E-state index in [4.69, 9.17) is 11.6 Å². The number of aromatic nitrogens is 2. The van der Waals surface area contributed by atoms with Gasteiger partial charge in [0.2, 0.25) is 0 Å². The van der Waals surface area contributed by atoms with Crippen molar-refractivity contribution in [3.05, 3.63) is 46.9 Å². The van der Waals surface area contributed by atoms with Crippen LogP contribution < -0.4 is 4.72 Å². The molecule has 114 valence electrons. The van der Waals surface area contributed by atoms with Crippen LogP contribution in [0.2, 0.25) is 5.02 Å². The summed E-state index contributed by atoms with van der Waals surface area (Å²) in [5, 5.41) is 3.70. The molecule has 0 saturated heterocycles. The van der Waals surface area contributed by atoms with Crippen molar-refractivity contribution >= 4 is 21.6 Å². The SMILES string of the molecule is Cn1ncc(Cl)c1S(=O)(=O)NC(C)(C)c1cccc(F)c1. The highest BCUT2D eigenvalue weighted by Crippen LogP contribution is 2.26. The first-order chi connectivity index (χ1) is 9.63. The highest BCUT2D eigenvalue weighted by atomic mass is 35.5. The van der Waals surface area contributed by atoms with E-state index in [2.05, 4.69) is 9.82 Å². The van der Waals surface area contributed by atoms with Crippen LogP contribution in [0.5, 0.6) is 0 Å². The van der Waals surface area contributed by atoms with E-state index in [1.165, 1.54) is 36.1 Å². The number of hydrogen-bond acceptors (Lipinski definition) is 3. The molecule has 0 amide bonds. The van der Waals surface area contributed by atoms with Crippen molar-refractivity contribution < 1.29 is 12.8 Å². The summed E-state index contributed by atoms with van der Waals surface area (Å²) >= 11 is 5.87. The molecular weight excluding hydrogens is 317 g/mol. The van der Waals surface area contributed by atoms with Crippen LogP contribution in [-0.4, -0.2) is 18.2 Å². The number of hydrogen-bond donors (Lipinski definition) is 1. The van der Waals surface area contributed by atoms with Crippen LogP contribution in [0.15, 0.2) is 35.5 Å². The minimum Gasteiger partial charge on any atom is -0.255 e. The molecule has 1 heterocycles. The molecule has 0 fully saturated rings. The fourth-order valence-corrected chi connectivity index (χ4v) is 4.08. The highest BCUT2D eigenvalue weighted by Gasteiger charge is 2.31. The highest BCUT2D eigenvalue weighted by molar-refractivity contribution is 7.89. The first kappa shape index (κ1) is 15.9. The summed E-state index contributed by atoms with van der Waals surface area (Å²) in [5.41, 5.74) is -0.501. The van der Waals surface area contributed by atoms with Gasteiger partial charge >= 0.3 is 0 Å². The summed E-state index contributed by atoms with van der Waals surface area (Å²) in [4.78, 5) is 0. The molecule has 0 spiro atoms. The second kappa shape index (κ2) is 5.40. The lowest BCUT2D eigenvalue weighted by Crippen LogP contribution is -2.41. The molecule has 1 N–H and O–H groups in total. The van der Waals surface area contributed by atoms with E-state index in [-0.39, 0.29) is 10.0 Å². The van der Waals surface area contributed by atoms with Crippen molar-refractivity contribution in [2.45, 2.75) is 24.4 Å². The number of nitrogens with zero attached hydrogens (tertiary/aromatic N) is 2. The minimum atomic E-state index is -3.90. The third kappa shape index (κ3) is 3.25. The lowest BCUT2D eigenvalue weighted by molar-refractivity contribution is 0.463. The molecule has 1 aromatic heterocycles. The zero-order valence-corrected chi connectivity index (χ0v) is 13.3. The van der Waals surface area contributed by atoms with Gasteiger partial charge in [0.05, 0.1) is 16.8 Å². The molecule has 0 aliphatic carbocycles. The molecule has 0 radical (unpaired) electrons. The standard InChI is InChI=1S/C13H15ClFN3O2S/c1-13(2,9-5-4-6-10(15)7-9)17-21(19,20)12-11(14)8-16-18(12)3/h4-8,17H,1-3H3. The third-order valence-electron chi connectivity index (χ3n) is 3.03. The van der Waals surface area contributed by atoms with Gasteiger partial charge in [-0.1, -0.05) is 23.7 Å². The fraction of sp³-hybridized carbons (Fsp3) is 0.308. The molecule has 2 rings (SSSR count). The van der Waals surface area contributed by atoms with Gasteiger partial charge in [0.1, 0.15) is 5.82 Å². The van der Waals surface area contributed by atoms with E-state index in [9.17, 15) is 12.8 Å². The molecular formula is C13H15ClFN3O2S. The monoisotopic (exact) mass is 331 g/mol. The Morgan fingerprint density at radius 3 is 2.57 bits per heavy atom. The average molecular weight is 332 g/mol. The maximum Gasteiger partial charge on any atom is 0.260 e. The lowest BCUT2D eigenvalue weighted by atomic mass is 9.96. The van der Waals surface area contributed by atoms with E-state index in [0.29, 0.717) is 5.56 Å². The molecule has 21 heavy (non-hydrogen) atoms. The Labute approximate surface area is 127 Å². The molecule has 0 bridgehead atoms. The summed E-state index contributed by atoms with van der Waals surface area (Å²) in [6.45, 7) is 3.28. The van der Waals surface area contributed by atoms with Crippen LogP contribution in [0.25, 0.3) is 0 Å². The Bertz CT molecular complexity index is 752. The quantitative estimate of drug-likeness (QED) is 0.935. The van der Waals surface area contributed by atoms with Gasteiger partial charge in [0.25, 0.3) is 10.0 Å². The summed E-state index contributed by atoms with van der Waals surface area (Å²) in [5.74, 6) is -0.432. The van der Waals surface area contributed by atoms with Gasteiger partial charge in [-0.15, -0.1) is 0 Å². The van der Waals surface area contributed by atoms with E-state index < -0.39 is 21.4 Å². The van der Waals surface area contributed by atoms with Gasteiger partial charge < -0.3 is 0 Å². The van der Waals surface area contributed by atoms with Crippen LogP contribution in [0.4, 0.5) is 4.39 Å². The Morgan fingerprint density at radius 2 is 2.05 bits per heavy atom. The van der Waals surface area contributed by atoms with Gasteiger partial charge in [0.15, 0.2) is 5.03 Å². The molecule has 0 saturated carbocycles. The molecule has 2 aromatic rings. The molecule has 0 atom stereocenters. The van der Waals surface area contributed by atoms with Crippen molar-refractivity contribution in [2.24, 2.45) is 7.05 Å². The fourth-order valence-electron chi connectivity index (χ4n) is 2.02. The first-order valence-electron chi connectivity index (χ1n) is 6.11. The van der Waals surface area contributed by atoms with E-state index in [0.717, 1.165) is 0 Å². The van der Waals surface area contributed by atoms with Crippen molar-refractivity contribution in [1.29, 1.82) is 0 Å². The third-order valence-corrected chi connectivity index (χ3v) is 5.19. The van der Waals surface area contributed by atoms with Gasteiger partial charge in [-0.05, 0) is 31.5 Å². The van der Waals surface area contributed by atoms with Crippen LogP contribution in [0.3, 0.4) is 0 Å². The Hall–Kier alpha value is -1.44. The summed E-state index contributed by atoms with van der Waals surface area (Å²) in [6, 6.07) is 5.76. The predicted molar refractivity (Wildman–Crippen MR) is 78.0 cm³/mol. The van der Waals surface area contributed by atoms with Crippen LogP contribution in [0, 0.1) is 5.82 Å². The summed E-state index contributed by atoms with van der Waals surface area (Å²) < 4.78 is 41.9. The van der Waals surface area contributed by atoms with Crippen molar-refractivity contribution in [3.8, 4) is 0 Å². The molecule has 0 unspecified atom stereocenters. The Balaban J connectivity index is 2.40. The predicted octanol–water partition coefficient (Wildman–Crippen LogP) is 2.43. The number of sulfonamides is 1. The maximum atomic E-state index is 13.3. The van der Waals surface area contributed by atoms with Gasteiger partial charge in [0, 0.05) is 7.05 Å². The number of halogens is 2. The van der Waals surface area contributed by atoms with E-state index in [1.54, 1.807) is 19.9 Å². The van der Waals surface area contributed by atoms with Crippen molar-refractivity contribution in [3.63, 3.8) is 0 Å². The molecule has 0 aliphatic rings. The average Bonchev–Trinajstić information content (AvgIpc) is 2.68. The van der Waals surface area contributed by atoms with E-state index in [1.807, 2.05) is 0 Å². The smallest absolute Gasteiger partial charge is 0.255 e. The van der Waals surface area contributed by atoms with Gasteiger partial charge in [-0.3, -0.25) is 4.68 Å². The van der Waals surface area contributed by atoms with Gasteiger partial charge in [-0.2, -0.15) is 9.82 Å². The lowest BCUT2D eigenvalue weighted by Gasteiger charge is -2.26. The number of nitrogens with one attached hydrogen (secondary N) is 1. The normalized spacial score (nSPS) is 12.6. The Kier molecular flexibility index (Phi) is 4.10. The second-order valence-electron chi connectivity index (χ2n) is 5.16. The topological polar surface area (TPSA) is 64.0 Å². The minimum absolute atomic E-state index is 0.0278. The number of rotatable bonds is 4. The molecule has 5 nitrogen and oxygen atoms in total. The first-order valence-corrected chi connectivity index (χ1v) is 7.97. The van der Waals surface area contributed by atoms with Crippen LogP contribution >= 0.6 is 11.6 Å². The second-order valence-corrected chi connectivity index (χ2v) is 7.17. The Morgan fingerprint density at radius 1 is 1.38 bits per heavy atom. The molecule has 1 aromatic carbocycles. The maximum absolute atomic E-state index is 13.3. The number of benzene rings is 1. The van der Waals surface area contributed by atoms with Crippen LogP contribution in [0.1, 0.15) is 19.4 Å². The molecule has 0 aliphatic heterocycles. The zero-order chi connectivity index (χ0) is 15.8. The largest absolute Gasteiger partial charge is 0.260 e. The summed E-state index contributed by atoms with van der Waals surface area (Å²) in [7, 11) is -2.42. The van der Waals surface area contributed by atoms with Crippen molar-refractivity contribution in [2.75, 3.05) is 0 Å². The zero-order valence-electron chi connectivity index (χ0n) is 11.8.